The molecule has 6 heteroatoms. The molecule has 0 radical (unpaired) electrons. The molecule has 1 unspecified atom stereocenters. The molecular weight excluding hydrogens is 234 g/mol. The first kappa shape index (κ1) is 14.0. The van der Waals surface area contributed by atoms with Crippen LogP contribution in [0.2, 0.25) is 0 Å². The van der Waals surface area contributed by atoms with Crippen LogP contribution in [0.15, 0.2) is 18.3 Å². The summed E-state index contributed by atoms with van der Waals surface area (Å²) in [4.78, 5) is 28.0. The van der Waals surface area contributed by atoms with Gasteiger partial charge in [-0.3, -0.25) is 4.79 Å². The molecule has 98 valence electrons. The number of rotatable bonds is 5. The van der Waals surface area contributed by atoms with Crippen LogP contribution in [0.1, 0.15) is 24.2 Å². The predicted molar refractivity (Wildman–Crippen MR) is 67.6 cm³/mol. The van der Waals surface area contributed by atoms with Crippen LogP contribution < -0.4 is 5.32 Å². The monoisotopic (exact) mass is 251 g/mol. The molecule has 0 aromatic carbocycles. The number of carboxylic acid groups (broad SMARTS) is 1. The molecule has 0 bridgehead atoms. The maximum absolute atomic E-state index is 11.8. The van der Waals surface area contributed by atoms with Crippen molar-refractivity contribution in [2.75, 3.05) is 18.9 Å². The Hall–Kier alpha value is -2.11. The number of nitrogens with zero attached hydrogens (tertiary/aromatic N) is 2. The lowest BCUT2D eigenvalue weighted by Gasteiger charge is -2.20. The Bertz CT molecular complexity index is 431. The molecule has 1 aromatic rings. The molecule has 1 rings (SSSR count). The summed E-state index contributed by atoms with van der Waals surface area (Å²) in [5, 5.41) is 11.7. The summed E-state index contributed by atoms with van der Waals surface area (Å²) in [7, 11) is 1.72. The lowest BCUT2D eigenvalue weighted by atomic mass is 10.2. The van der Waals surface area contributed by atoms with Gasteiger partial charge in [-0.2, -0.15) is 0 Å². The highest BCUT2D eigenvalue weighted by molar-refractivity contribution is 5.87. The van der Waals surface area contributed by atoms with Gasteiger partial charge in [-0.1, -0.05) is 0 Å². The minimum absolute atomic E-state index is 0.0402. The van der Waals surface area contributed by atoms with Gasteiger partial charge in [-0.25, -0.2) is 9.78 Å². The van der Waals surface area contributed by atoms with Gasteiger partial charge in [0, 0.05) is 19.8 Å². The fourth-order valence-corrected chi connectivity index (χ4v) is 1.38. The van der Waals surface area contributed by atoms with Crippen molar-refractivity contribution in [3.63, 3.8) is 0 Å². The van der Waals surface area contributed by atoms with Crippen LogP contribution in [-0.2, 0) is 4.79 Å². The van der Waals surface area contributed by atoms with Crippen LogP contribution in [-0.4, -0.2) is 46.5 Å². The van der Waals surface area contributed by atoms with Crippen LogP contribution in [0.3, 0.4) is 0 Å². The lowest BCUT2D eigenvalue weighted by Crippen LogP contribution is -2.39. The van der Waals surface area contributed by atoms with Crippen LogP contribution in [0, 0.1) is 0 Å². The maximum atomic E-state index is 11.8. The summed E-state index contributed by atoms with van der Waals surface area (Å²) in [5.41, 5.74) is 0.116. The molecule has 0 saturated heterocycles. The Morgan fingerprint density at radius 2 is 2.17 bits per heavy atom. The standard InChI is InChI=1S/C12H17N3O3/c1-4-15(3)11(16)8(2)14-10-6-5-9(7-13-10)12(17)18/h5-8H,4H2,1-3H3,(H,13,14)(H,17,18). The second-order valence-electron chi connectivity index (χ2n) is 3.96. The van der Waals surface area contributed by atoms with Crippen molar-refractivity contribution in [3.8, 4) is 0 Å². The molecule has 0 aliphatic rings. The third kappa shape index (κ3) is 3.44. The summed E-state index contributed by atoms with van der Waals surface area (Å²) in [6, 6.07) is 2.58. The van der Waals surface area contributed by atoms with Gasteiger partial charge in [-0.15, -0.1) is 0 Å². The molecule has 0 aliphatic heterocycles. The molecule has 0 spiro atoms. The van der Waals surface area contributed by atoms with Gasteiger partial charge in [0.2, 0.25) is 5.91 Å². The summed E-state index contributed by atoms with van der Waals surface area (Å²) >= 11 is 0. The molecule has 6 nitrogen and oxygen atoms in total. The zero-order valence-electron chi connectivity index (χ0n) is 10.7. The first-order valence-corrected chi connectivity index (χ1v) is 5.66. The van der Waals surface area contributed by atoms with E-state index in [4.69, 9.17) is 5.11 Å². The van der Waals surface area contributed by atoms with Crippen molar-refractivity contribution in [2.45, 2.75) is 19.9 Å². The Balaban J connectivity index is 2.67. The Morgan fingerprint density at radius 1 is 1.50 bits per heavy atom. The van der Waals surface area contributed by atoms with Crippen molar-refractivity contribution < 1.29 is 14.7 Å². The van der Waals surface area contributed by atoms with Gasteiger partial charge in [0.25, 0.3) is 0 Å². The molecule has 1 heterocycles. The first-order chi connectivity index (χ1) is 8.45. The number of pyridine rings is 1. The fraction of sp³-hybridized carbons (Fsp3) is 0.417. The summed E-state index contributed by atoms with van der Waals surface area (Å²) in [6.07, 6.45) is 1.26. The van der Waals surface area contributed by atoms with E-state index in [0.29, 0.717) is 12.4 Å². The van der Waals surface area contributed by atoms with Crippen LogP contribution >= 0.6 is 0 Å². The van der Waals surface area contributed by atoms with Gasteiger partial charge in [-0.05, 0) is 26.0 Å². The minimum atomic E-state index is -1.02. The van der Waals surface area contributed by atoms with Crippen molar-refractivity contribution in [1.82, 2.24) is 9.88 Å². The van der Waals surface area contributed by atoms with E-state index in [1.165, 1.54) is 12.3 Å². The van der Waals surface area contributed by atoms with E-state index in [-0.39, 0.29) is 11.5 Å². The number of hydrogen-bond donors (Lipinski definition) is 2. The molecule has 0 aliphatic carbocycles. The fourth-order valence-electron chi connectivity index (χ4n) is 1.38. The normalized spacial score (nSPS) is 11.7. The Labute approximate surface area is 106 Å². The zero-order valence-corrected chi connectivity index (χ0v) is 10.7. The van der Waals surface area contributed by atoms with E-state index in [1.54, 1.807) is 24.9 Å². The number of carbonyl (C=O) groups is 2. The van der Waals surface area contributed by atoms with Gasteiger partial charge in [0.1, 0.15) is 11.9 Å². The van der Waals surface area contributed by atoms with Crippen LogP contribution in [0.4, 0.5) is 5.82 Å². The summed E-state index contributed by atoms with van der Waals surface area (Å²) in [5.74, 6) is -0.587. The average molecular weight is 251 g/mol. The molecule has 1 aromatic heterocycles. The number of aromatic nitrogens is 1. The van der Waals surface area contributed by atoms with Crippen molar-refractivity contribution >= 4 is 17.7 Å². The molecule has 1 atom stereocenters. The van der Waals surface area contributed by atoms with E-state index >= 15 is 0 Å². The number of aromatic carboxylic acids is 1. The molecule has 0 fully saturated rings. The second-order valence-corrected chi connectivity index (χ2v) is 3.96. The second kappa shape index (κ2) is 6.00. The van der Waals surface area contributed by atoms with E-state index in [9.17, 15) is 9.59 Å². The van der Waals surface area contributed by atoms with E-state index in [1.807, 2.05) is 6.92 Å². The van der Waals surface area contributed by atoms with Crippen molar-refractivity contribution in [1.29, 1.82) is 0 Å². The molecule has 2 N–H and O–H groups in total. The highest BCUT2D eigenvalue weighted by Gasteiger charge is 2.16. The van der Waals surface area contributed by atoms with Crippen LogP contribution in [0.5, 0.6) is 0 Å². The number of carbonyl (C=O) groups excluding carboxylic acids is 1. The number of nitrogens with one attached hydrogen (secondary N) is 1. The predicted octanol–water partition coefficient (Wildman–Crippen LogP) is 1.06. The summed E-state index contributed by atoms with van der Waals surface area (Å²) < 4.78 is 0. The Morgan fingerprint density at radius 3 is 2.61 bits per heavy atom. The van der Waals surface area contributed by atoms with Gasteiger partial charge in [0.05, 0.1) is 5.56 Å². The van der Waals surface area contributed by atoms with Gasteiger partial charge >= 0.3 is 5.97 Å². The number of likely N-dealkylation sites (N-methyl/N-ethyl adjacent to an activating group) is 1. The lowest BCUT2D eigenvalue weighted by molar-refractivity contribution is -0.130. The van der Waals surface area contributed by atoms with E-state index in [2.05, 4.69) is 10.3 Å². The van der Waals surface area contributed by atoms with Gasteiger partial charge in [0.15, 0.2) is 0 Å². The largest absolute Gasteiger partial charge is 0.478 e. The quantitative estimate of drug-likeness (QED) is 0.817. The summed E-state index contributed by atoms with van der Waals surface area (Å²) in [6.45, 7) is 4.27. The molecule has 18 heavy (non-hydrogen) atoms. The average Bonchev–Trinajstić information content (AvgIpc) is 2.37. The van der Waals surface area contributed by atoms with Crippen molar-refractivity contribution in [2.24, 2.45) is 0 Å². The van der Waals surface area contributed by atoms with E-state index < -0.39 is 12.0 Å². The SMILES string of the molecule is CCN(C)C(=O)C(C)Nc1ccc(C(=O)O)cn1. The van der Waals surface area contributed by atoms with Gasteiger partial charge < -0.3 is 15.3 Å². The third-order valence-electron chi connectivity index (χ3n) is 2.60. The first-order valence-electron chi connectivity index (χ1n) is 5.66. The molecular formula is C12H17N3O3. The minimum Gasteiger partial charge on any atom is -0.478 e. The highest BCUT2D eigenvalue weighted by Crippen LogP contribution is 2.07. The van der Waals surface area contributed by atoms with Crippen molar-refractivity contribution in [3.05, 3.63) is 23.9 Å². The molecule has 0 saturated carbocycles. The highest BCUT2D eigenvalue weighted by atomic mass is 16.4. The number of anilines is 1. The van der Waals surface area contributed by atoms with Crippen LogP contribution in [0.25, 0.3) is 0 Å². The maximum Gasteiger partial charge on any atom is 0.337 e. The Kier molecular flexibility index (Phi) is 4.65. The zero-order chi connectivity index (χ0) is 13.7. The molecule has 1 amide bonds. The number of amides is 1. The smallest absolute Gasteiger partial charge is 0.337 e. The number of hydrogen-bond acceptors (Lipinski definition) is 4. The third-order valence-corrected chi connectivity index (χ3v) is 2.60. The topological polar surface area (TPSA) is 82.5 Å². The number of carboxylic acids is 1. The van der Waals surface area contributed by atoms with E-state index in [0.717, 1.165) is 0 Å².